The predicted octanol–water partition coefficient (Wildman–Crippen LogP) is 3.99. The third-order valence-corrected chi connectivity index (χ3v) is 3.31. The normalized spacial score (nSPS) is 10.7. The Morgan fingerprint density at radius 1 is 1.13 bits per heavy atom. The fourth-order valence-corrected chi connectivity index (χ4v) is 2.36. The maximum atomic E-state index is 10.6. The number of hydrogen-bond acceptors (Lipinski definition) is 3. The molecule has 0 aliphatic rings. The average Bonchev–Trinajstić information content (AvgIpc) is 2.50. The van der Waals surface area contributed by atoms with E-state index >= 15 is 0 Å². The van der Waals surface area contributed by atoms with Crippen LogP contribution in [0.3, 0.4) is 0 Å². The lowest BCUT2D eigenvalue weighted by Crippen LogP contribution is -2.00. The first kappa shape index (κ1) is 16.6. The van der Waals surface area contributed by atoms with E-state index in [1.54, 1.807) is 19.3 Å². The molecule has 4 nitrogen and oxygen atoms in total. The van der Waals surface area contributed by atoms with Crippen LogP contribution in [0.4, 0.5) is 0 Å². The number of carbonyl (C=O) groups is 1. The molecule has 0 aliphatic carbocycles. The largest absolute Gasteiger partial charge is 0.496 e. The van der Waals surface area contributed by atoms with Gasteiger partial charge in [0.15, 0.2) is 0 Å². The van der Waals surface area contributed by atoms with E-state index in [1.807, 2.05) is 38.1 Å². The predicted molar refractivity (Wildman–Crippen MR) is 89.9 cm³/mol. The number of hydrogen-bond donors (Lipinski definition) is 1. The Balaban J connectivity index is 2.19. The molecule has 0 saturated carbocycles. The molecule has 1 N–H and O–H groups in total. The van der Waals surface area contributed by atoms with E-state index in [-0.39, 0.29) is 0 Å². The molecule has 0 amide bonds. The quantitative estimate of drug-likeness (QED) is 0.819. The van der Waals surface area contributed by atoms with Crippen LogP contribution >= 0.6 is 0 Å². The van der Waals surface area contributed by atoms with Gasteiger partial charge in [-0.25, -0.2) is 4.79 Å². The molecule has 4 heteroatoms. The lowest BCUT2D eigenvalue weighted by Gasteiger charge is -2.12. The van der Waals surface area contributed by atoms with Crippen LogP contribution in [0.15, 0.2) is 42.5 Å². The highest BCUT2D eigenvalue weighted by atomic mass is 16.5. The molecule has 2 aromatic carbocycles. The summed E-state index contributed by atoms with van der Waals surface area (Å²) in [5, 5.41) is 8.71. The van der Waals surface area contributed by atoms with Gasteiger partial charge < -0.3 is 14.6 Å². The molecule has 0 aromatic heterocycles. The van der Waals surface area contributed by atoms with Gasteiger partial charge in [0, 0.05) is 11.6 Å². The van der Waals surface area contributed by atoms with Gasteiger partial charge in [-0.1, -0.05) is 12.1 Å². The second kappa shape index (κ2) is 7.49. The second-order valence-corrected chi connectivity index (χ2v) is 5.35. The molecule has 0 aliphatic heterocycles. The van der Waals surface area contributed by atoms with E-state index in [4.69, 9.17) is 14.6 Å². The molecule has 23 heavy (non-hydrogen) atoms. The molecular formula is C19H20O4. The topological polar surface area (TPSA) is 55.8 Å². The SMILES string of the molecule is COc1ccc(C=CC(=O)O)cc1COc1cc(C)cc(C)c1. The van der Waals surface area contributed by atoms with Gasteiger partial charge in [0.05, 0.1) is 7.11 Å². The van der Waals surface area contributed by atoms with Crippen molar-refractivity contribution in [2.24, 2.45) is 0 Å². The summed E-state index contributed by atoms with van der Waals surface area (Å²) in [5.41, 5.74) is 3.93. The fourth-order valence-electron chi connectivity index (χ4n) is 2.36. The zero-order chi connectivity index (χ0) is 16.8. The van der Waals surface area contributed by atoms with Crippen molar-refractivity contribution in [3.05, 3.63) is 64.7 Å². The van der Waals surface area contributed by atoms with Crippen LogP contribution in [-0.4, -0.2) is 18.2 Å². The Hall–Kier alpha value is -2.75. The van der Waals surface area contributed by atoms with Crippen LogP contribution < -0.4 is 9.47 Å². The van der Waals surface area contributed by atoms with Gasteiger partial charge in [-0.2, -0.15) is 0 Å². The smallest absolute Gasteiger partial charge is 0.328 e. The summed E-state index contributed by atoms with van der Waals surface area (Å²) in [6, 6.07) is 11.5. The molecule has 2 aromatic rings. The van der Waals surface area contributed by atoms with Gasteiger partial charge in [-0.05, 0) is 60.9 Å². The van der Waals surface area contributed by atoms with Crippen molar-refractivity contribution in [1.82, 2.24) is 0 Å². The van der Waals surface area contributed by atoms with Crippen molar-refractivity contribution in [2.75, 3.05) is 7.11 Å². The summed E-state index contributed by atoms with van der Waals surface area (Å²) in [6.07, 6.45) is 2.65. The molecule has 120 valence electrons. The highest BCUT2D eigenvalue weighted by Crippen LogP contribution is 2.24. The number of aliphatic carboxylic acids is 1. The minimum Gasteiger partial charge on any atom is -0.496 e. The van der Waals surface area contributed by atoms with Crippen LogP contribution in [0, 0.1) is 13.8 Å². The summed E-state index contributed by atoms with van der Waals surface area (Å²) in [4.78, 5) is 10.6. The van der Waals surface area contributed by atoms with Crippen LogP contribution in [0.5, 0.6) is 11.5 Å². The van der Waals surface area contributed by atoms with Crippen LogP contribution in [0.1, 0.15) is 22.3 Å². The van der Waals surface area contributed by atoms with Gasteiger partial charge in [-0.15, -0.1) is 0 Å². The summed E-state index contributed by atoms with van der Waals surface area (Å²) in [5.74, 6) is 0.534. The number of benzene rings is 2. The van der Waals surface area contributed by atoms with Gasteiger partial charge in [0.2, 0.25) is 0 Å². The molecule has 0 spiro atoms. The lowest BCUT2D eigenvalue weighted by atomic mass is 10.1. The Bertz CT molecular complexity index is 712. The second-order valence-electron chi connectivity index (χ2n) is 5.35. The van der Waals surface area contributed by atoms with E-state index in [0.29, 0.717) is 12.4 Å². The first-order valence-electron chi connectivity index (χ1n) is 7.27. The zero-order valence-electron chi connectivity index (χ0n) is 13.5. The summed E-state index contributed by atoms with van der Waals surface area (Å²) >= 11 is 0. The Labute approximate surface area is 136 Å². The number of carboxylic acids is 1. The Morgan fingerprint density at radius 3 is 2.43 bits per heavy atom. The van der Waals surface area contributed by atoms with Crippen LogP contribution in [0.25, 0.3) is 6.08 Å². The Morgan fingerprint density at radius 2 is 1.83 bits per heavy atom. The van der Waals surface area contributed by atoms with E-state index in [0.717, 1.165) is 34.1 Å². The van der Waals surface area contributed by atoms with Crippen molar-refractivity contribution in [2.45, 2.75) is 20.5 Å². The maximum absolute atomic E-state index is 10.6. The third-order valence-electron chi connectivity index (χ3n) is 3.31. The van der Waals surface area contributed by atoms with E-state index in [2.05, 4.69) is 6.07 Å². The highest BCUT2D eigenvalue weighted by Gasteiger charge is 2.06. The highest BCUT2D eigenvalue weighted by molar-refractivity contribution is 5.85. The Kier molecular flexibility index (Phi) is 5.41. The molecule has 0 heterocycles. The number of rotatable bonds is 6. The number of carboxylic acid groups (broad SMARTS) is 1. The van der Waals surface area contributed by atoms with E-state index < -0.39 is 5.97 Å². The molecule has 0 fully saturated rings. The monoisotopic (exact) mass is 312 g/mol. The molecule has 0 atom stereocenters. The van der Waals surface area contributed by atoms with Gasteiger partial charge >= 0.3 is 5.97 Å². The number of methoxy groups -OCH3 is 1. The number of aryl methyl sites for hydroxylation is 2. The summed E-state index contributed by atoms with van der Waals surface area (Å²) in [7, 11) is 1.60. The molecule has 2 rings (SSSR count). The fraction of sp³-hybridized carbons (Fsp3) is 0.211. The van der Waals surface area contributed by atoms with Crippen molar-refractivity contribution < 1.29 is 19.4 Å². The number of ether oxygens (including phenoxy) is 2. The van der Waals surface area contributed by atoms with Gasteiger partial charge in [-0.3, -0.25) is 0 Å². The molecule has 0 saturated heterocycles. The van der Waals surface area contributed by atoms with Crippen LogP contribution in [-0.2, 0) is 11.4 Å². The first-order valence-corrected chi connectivity index (χ1v) is 7.27. The average molecular weight is 312 g/mol. The van der Waals surface area contributed by atoms with E-state index in [1.165, 1.54) is 0 Å². The first-order chi connectivity index (χ1) is 11.0. The van der Waals surface area contributed by atoms with Gasteiger partial charge in [0.1, 0.15) is 18.1 Å². The summed E-state index contributed by atoms with van der Waals surface area (Å²) in [6.45, 7) is 4.40. The standard InChI is InChI=1S/C19H20O4/c1-13-8-14(2)10-17(9-13)23-12-16-11-15(5-7-19(20)21)4-6-18(16)22-3/h4-11H,12H2,1-3H3,(H,20,21). The molecular weight excluding hydrogens is 292 g/mol. The van der Waals surface area contributed by atoms with Crippen molar-refractivity contribution >= 4 is 12.0 Å². The minimum atomic E-state index is -0.978. The van der Waals surface area contributed by atoms with Gasteiger partial charge in [0.25, 0.3) is 0 Å². The van der Waals surface area contributed by atoms with Crippen molar-refractivity contribution in [3.8, 4) is 11.5 Å². The van der Waals surface area contributed by atoms with Crippen molar-refractivity contribution in [1.29, 1.82) is 0 Å². The van der Waals surface area contributed by atoms with Crippen LogP contribution in [0.2, 0.25) is 0 Å². The van der Waals surface area contributed by atoms with Crippen molar-refractivity contribution in [3.63, 3.8) is 0 Å². The molecule has 0 radical (unpaired) electrons. The zero-order valence-corrected chi connectivity index (χ0v) is 13.5. The van der Waals surface area contributed by atoms with E-state index in [9.17, 15) is 4.79 Å². The lowest BCUT2D eigenvalue weighted by molar-refractivity contribution is -0.131. The molecule has 0 unspecified atom stereocenters. The summed E-state index contributed by atoms with van der Waals surface area (Å²) < 4.78 is 11.2. The molecule has 0 bridgehead atoms. The third kappa shape index (κ3) is 4.88. The minimum absolute atomic E-state index is 0.348. The maximum Gasteiger partial charge on any atom is 0.328 e.